The third kappa shape index (κ3) is 10.0. The van der Waals surface area contributed by atoms with Crippen LogP contribution in [-0.4, -0.2) is 65.8 Å². The summed E-state index contributed by atoms with van der Waals surface area (Å²) in [5.74, 6) is 0.0960. The molecule has 1 heterocycles. The molecule has 0 aromatic heterocycles. The van der Waals surface area contributed by atoms with E-state index in [1.165, 1.54) is 19.3 Å². The predicted octanol–water partition coefficient (Wildman–Crippen LogP) is 3.07. The van der Waals surface area contributed by atoms with Crippen molar-refractivity contribution in [2.45, 2.75) is 104 Å². The molecule has 2 atom stereocenters. The molecule has 1 saturated heterocycles. The highest BCUT2D eigenvalue weighted by Crippen LogP contribution is 2.16. The van der Waals surface area contributed by atoms with Gasteiger partial charge < -0.3 is 20.9 Å². The van der Waals surface area contributed by atoms with Gasteiger partial charge in [-0.1, -0.05) is 52.9 Å². The molecule has 3 N–H and O–H groups in total. The van der Waals surface area contributed by atoms with Gasteiger partial charge in [0.1, 0.15) is 6.04 Å². The minimum atomic E-state index is -0.518. The molecule has 31 heavy (non-hydrogen) atoms. The zero-order valence-corrected chi connectivity index (χ0v) is 20.3. The molecular formula is C24H46N4O3. The van der Waals surface area contributed by atoms with E-state index in [2.05, 4.69) is 12.2 Å². The SMILES string of the molecule is CCCCCCCC(=O)N1CCN(C(=O)C(NC(=O)CCCCCN)C(C)C)CC1C. The maximum absolute atomic E-state index is 13.1. The van der Waals surface area contributed by atoms with Gasteiger partial charge in [-0.25, -0.2) is 0 Å². The van der Waals surface area contributed by atoms with Crippen LogP contribution < -0.4 is 11.1 Å². The summed E-state index contributed by atoms with van der Waals surface area (Å²) < 4.78 is 0. The number of carbonyl (C=O) groups excluding carboxylic acids is 3. The van der Waals surface area contributed by atoms with Crippen molar-refractivity contribution in [2.24, 2.45) is 11.7 Å². The van der Waals surface area contributed by atoms with Gasteiger partial charge in [-0.3, -0.25) is 14.4 Å². The molecule has 0 aromatic rings. The minimum absolute atomic E-state index is 0.000573. The molecule has 7 heteroatoms. The molecule has 2 unspecified atom stereocenters. The van der Waals surface area contributed by atoms with Crippen molar-refractivity contribution < 1.29 is 14.4 Å². The molecule has 1 rings (SSSR count). The number of amides is 3. The molecule has 0 aromatic carbocycles. The van der Waals surface area contributed by atoms with Gasteiger partial charge in [0.05, 0.1) is 0 Å². The first-order chi connectivity index (χ1) is 14.8. The maximum atomic E-state index is 13.1. The van der Waals surface area contributed by atoms with Crippen LogP contribution in [0.15, 0.2) is 0 Å². The summed E-state index contributed by atoms with van der Waals surface area (Å²) in [4.78, 5) is 41.8. The van der Waals surface area contributed by atoms with Crippen molar-refractivity contribution in [3.8, 4) is 0 Å². The van der Waals surface area contributed by atoms with E-state index in [9.17, 15) is 14.4 Å². The van der Waals surface area contributed by atoms with Crippen LogP contribution in [0.2, 0.25) is 0 Å². The van der Waals surface area contributed by atoms with E-state index in [0.29, 0.717) is 39.0 Å². The van der Waals surface area contributed by atoms with Crippen LogP contribution in [0.4, 0.5) is 0 Å². The number of hydrogen-bond donors (Lipinski definition) is 2. The van der Waals surface area contributed by atoms with Crippen molar-refractivity contribution in [3.05, 3.63) is 0 Å². The van der Waals surface area contributed by atoms with Crippen molar-refractivity contribution in [1.82, 2.24) is 15.1 Å². The molecule has 1 fully saturated rings. The number of nitrogens with one attached hydrogen (secondary N) is 1. The van der Waals surface area contributed by atoms with E-state index < -0.39 is 6.04 Å². The molecule has 1 aliphatic rings. The number of nitrogens with zero attached hydrogens (tertiary/aromatic N) is 2. The van der Waals surface area contributed by atoms with E-state index in [-0.39, 0.29) is 29.7 Å². The number of rotatable bonds is 14. The Bertz CT molecular complexity index is 553. The van der Waals surface area contributed by atoms with Gasteiger partial charge in [-0.05, 0) is 38.6 Å². The lowest BCUT2D eigenvalue weighted by Crippen LogP contribution is -2.59. The van der Waals surface area contributed by atoms with Crippen LogP contribution in [0, 0.1) is 5.92 Å². The molecule has 180 valence electrons. The second-order valence-corrected chi connectivity index (χ2v) is 9.27. The van der Waals surface area contributed by atoms with Crippen LogP contribution in [0.1, 0.15) is 91.9 Å². The van der Waals surface area contributed by atoms with Crippen LogP contribution in [0.3, 0.4) is 0 Å². The van der Waals surface area contributed by atoms with E-state index in [1.807, 2.05) is 30.6 Å². The number of carbonyl (C=O) groups is 3. The summed E-state index contributed by atoms with van der Waals surface area (Å²) in [6, 6.07) is -0.518. The third-order valence-corrected chi connectivity index (χ3v) is 6.11. The fourth-order valence-corrected chi connectivity index (χ4v) is 4.11. The highest BCUT2D eigenvalue weighted by Gasteiger charge is 2.34. The Morgan fingerprint density at radius 1 is 0.968 bits per heavy atom. The number of hydrogen-bond acceptors (Lipinski definition) is 4. The molecule has 0 saturated carbocycles. The summed E-state index contributed by atoms with van der Waals surface area (Å²) in [5.41, 5.74) is 5.49. The lowest BCUT2D eigenvalue weighted by Gasteiger charge is -2.41. The zero-order valence-electron chi connectivity index (χ0n) is 20.3. The molecule has 0 bridgehead atoms. The smallest absolute Gasteiger partial charge is 0.245 e. The fraction of sp³-hybridized carbons (Fsp3) is 0.875. The molecule has 7 nitrogen and oxygen atoms in total. The lowest BCUT2D eigenvalue weighted by molar-refractivity contribution is -0.145. The summed E-state index contributed by atoms with van der Waals surface area (Å²) in [7, 11) is 0. The van der Waals surface area contributed by atoms with Crippen molar-refractivity contribution >= 4 is 17.7 Å². The molecule has 1 aliphatic heterocycles. The van der Waals surface area contributed by atoms with E-state index in [0.717, 1.165) is 32.1 Å². The first-order valence-corrected chi connectivity index (χ1v) is 12.4. The number of nitrogens with two attached hydrogens (primary N) is 1. The molecule has 3 amide bonds. The predicted molar refractivity (Wildman–Crippen MR) is 125 cm³/mol. The number of piperazine rings is 1. The van der Waals surface area contributed by atoms with Crippen molar-refractivity contribution in [3.63, 3.8) is 0 Å². The summed E-state index contributed by atoms with van der Waals surface area (Å²) in [6.45, 7) is 10.4. The Morgan fingerprint density at radius 3 is 2.23 bits per heavy atom. The van der Waals surface area contributed by atoms with Crippen LogP contribution in [0.25, 0.3) is 0 Å². The highest BCUT2D eigenvalue weighted by atomic mass is 16.2. The maximum Gasteiger partial charge on any atom is 0.245 e. The summed E-state index contributed by atoms with van der Waals surface area (Å²) >= 11 is 0. The van der Waals surface area contributed by atoms with Gasteiger partial charge >= 0.3 is 0 Å². The Morgan fingerprint density at radius 2 is 1.61 bits per heavy atom. The first-order valence-electron chi connectivity index (χ1n) is 12.4. The van der Waals surface area contributed by atoms with Gasteiger partial charge in [0, 0.05) is 38.5 Å². The van der Waals surface area contributed by atoms with E-state index >= 15 is 0 Å². The van der Waals surface area contributed by atoms with Gasteiger partial charge in [0.2, 0.25) is 17.7 Å². The van der Waals surface area contributed by atoms with Gasteiger partial charge in [-0.15, -0.1) is 0 Å². The lowest BCUT2D eigenvalue weighted by atomic mass is 10.0. The van der Waals surface area contributed by atoms with Crippen molar-refractivity contribution in [1.29, 1.82) is 0 Å². The Hall–Kier alpha value is -1.63. The molecule has 0 spiro atoms. The second-order valence-electron chi connectivity index (χ2n) is 9.27. The third-order valence-electron chi connectivity index (χ3n) is 6.11. The average Bonchev–Trinajstić information content (AvgIpc) is 2.74. The monoisotopic (exact) mass is 438 g/mol. The average molecular weight is 439 g/mol. The van der Waals surface area contributed by atoms with Crippen LogP contribution in [-0.2, 0) is 14.4 Å². The largest absolute Gasteiger partial charge is 0.344 e. The topological polar surface area (TPSA) is 95.7 Å². The fourth-order valence-electron chi connectivity index (χ4n) is 4.11. The Balaban J connectivity index is 2.51. The van der Waals surface area contributed by atoms with E-state index in [1.54, 1.807) is 0 Å². The van der Waals surface area contributed by atoms with Gasteiger partial charge in [0.25, 0.3) is 0 Å². The quantitative estimate of drug-likeness (QED) is 0.407. The van der Waals surface area contributed by atoms with E-state index in [4.69, 9.17) is 5.73 Å². The highest BCUT2D eigenvalue weighted by molar-refractivity contribution is 5.88. The van der Waals surface area contributed by atoms with Gasteiger partial charge in [0.15, 0.2) is 0 Å². The van der Waals surface area contributed by atoms with Crippen molar-refractivity contribution in [2.75, 3.05) is 26.2 Å². The normalized spacial score (nSPS) is 17.7. The molecular weight excluding hydrogens is 392 g/mol. The second kappa shape index (κ2) is 15.2. The molecule has 0 aliphatic carbocycles. The zero-order chi connectivity index (χ0) is 23.2. The first kappa shape index (κ1) is 27.4. The van der Waals surface area contributed by atoms with Gasteiger partial charge in [-0.2, -0.15) is 0 Å². The summed E-state index contributed by atoms with van der Waals surface area (Å²) in [5, 5.41) is 2.94. The summed E-state index contributed by atoms with van der Waals surface area (Å²) in [6.07, 6.45) is 9.32. The molecule has 0 radical (unpaired) electrons. The Labute approximate surface area is 189 Å². The number of unbranched alkanes of at least 4 members (excludes halogenated alkanes) is 6. The van der Waals surface area contributed by atoms with Crippen LogP contribution in [0.5, 0.6) is 0 Å². The van der Waals surface area contributed by atoms with Crippen LogP contribution >= 0.6 is 0 Å². The standard InChI is InChI=1S/C24H46N4O3/c1-5-6-7-8-11-14-22(30)28-17-16-27(18-20(28)4)24(31)23(19(2)3)26-21(29)13-10-9-12-15-25/h19-20,23H,5-18,25H2,1-4H3,(H,26,29). The minimum Gasteiger partial charge on any atom is -0.344 e. The Kier molecular flexibility index (Phi) is 13.5.